The first kappa shape index (κ1) is 21.9. The molecule has 4 rings (SSSR count). The lowest BCUT2D eigenvalue weighted by Gasteiger charge is -2.28. The number of aromatic nitrogens is 2. The van der Waals surface area contributed by atoms with E-state index in [1.54, 1.807) is 25.1 Å². The van der Waals surface area contributed by atoms with E-state index in [0.717, 1.165) is 12.8 Å². The number of ether oxygens (including phenoxy) is 1. The quantitative estimate of drug-likeness (QED) is 0.636. The van der Waals surface area contributed by atoms with E-state index in [-0.39, 0.29) is 42.2 Å². The highest BCUT2D eigenvalue weighted by atomic mass is 32.2. The summed E-state index contributed by atoms with van der Waals surface area (Å²) >= 11 is 0. The Labute approximate surface area is 181 Å². The van der Waals surface area contributed by atoms with Gasteiger partial charge in [0.25, 0.3) is 5.56 Å². The maximum Gasteiger partial charge on any atom is 0.258 e. The number of hydrogen-bond donors (Lipinski definition) is 2. The first-order valence-corrected chi connectivity index (χ1v) is 12.4. The fourth-order valence-electron chi connectivity index (χ4n) is 4.37. The average Bonchev–Trinajstić information content (AvgIpc) is 3.28. The van der Waals surface area contributed by atoms with Gasteiger partial charge in [-0.3, -0.25) is 14.5 Å². The van der Waals surface area contributed by atoms with Crippen molar-refractivity contribution in [2.24, 2.45) is 0 Å². The van der Waals surface area contributed by atoms with Gasteiger partial charge in [-0.25, -0.2) is 13.4 Å². The van der Waals surface area contributed by atoms with Gasteiger partial charge in [0, 0.05) is 13.2 Å². The summed E-state index contributed by atoms with van der Waals surface area (Å²) in [7, 11) is -3.12. The molecular weight excluding hydrogens is 420 g/mol. The SMILES string of the molecule is CC1(NC(=O)CN(Cc2nc3ccccc3c(=O)[nH]2)CC2CCCO2)CCS(=O)(=O)C1. The molecule has 1 amide bonds. The molecule has 0 radical (unpaired) electrons. The number of rotatable bonds is 7. The van der Waals surface area contributed by atoms with Crippen molar-refractivity contribution in [3.63, 3.8) is 0 Å². The molecule has 9 nitrogen and oxygen atoms in total. The number of carbonyl (C=O) groups is 1. The maximum atomic E-state index is 12.8. The van der Waals surface area contributed by atoms with Gasteiger partial charge in [0.1, 0.15) is 5.82 Å². The molecule has 2 unspecified atom stereocenters. The molecule has 1 aromatic heterocycles. The number of amides is 1. The molecular formula is C21H28N4O5S. The molecule has 2 N–H and O–H groups in total. The molecule has 168 valence electrons. The third-order valence-corrected chi connectivity index (χ3v) is 7.74. The summed E-state index contributed by atoms with van der Waals surface area (Å²) in [6.07, 6.45) is 2.32. The van der Waals surface area contributed by atoms with Crippen LogP contribution in [0.5, 0.6) is 0 Å². The van der Waals surface area contributed by atoms with E-state index in [2.05, 4.69) is 15.3 Å². The van der Waals surface area contributed by atoms with Crippen LogP contribution in [-0.4, -0.2) is 72.0 Å². The van der Waals surface area contributed by atoms with Crippen LogP contribution in [0.15, 0.2) is 29.1 Å². The topological polar surface area (TPSA) is 121 Å². The highest BCUT2D eigenvalue weighted by Gasteiger charge is 2.39. The summed E-state index contributed by atoms with van der Waals surface area (Å²) in [6.45, 7) is 3.33. The fourth-order valence-corrected chi connectivity index (χ4v) is 6.46. The van der Waals surface area contributed by atoms with Crippen LogP contribution in [-0.2, 0) is 25.9 Å². The monoisotopic (exact) mass is 448 g/mol. The van der Waals surface area contributed by atoms with Crippen LogP contribution >= 0.6 is 0 Å². The molecule has 2 aliphatic heterocycles. The first-order valence-electron chi connectivity index (χ1n) is 10.5. The number of fused-ring (bicyclic) bond motifs is 1. The zero-order chi connectivity index (χ0) is 22.1. The van der Waals surface area contributed by atoms with E-state index in [9.17, 15) is 18.0 Å². The predicted octanol–water partition coefficient (Wildman–Crippen LogP) is 0.598. The van der Waals surface area contributed by atoms with Gasteiger partial charge in [0.05, 0.1) is 47.1 Å². The summed E-state index contributed by atoms with van der Waals surface area (Å²) in [5, 5.41) is 3.42. The normalized spacial score (nSPS) is 25.3. The molecule has 2 aliphatic rings. The van der Waals surface area contributed by atoms with Crippen molar-refractivity contribution in [1.82, 2.24) is 20.2 Å². The van der Waals surface area contributed by atoms with Crippen LogP contribution in [0.1, 0.15) is 32.0 Å². The van der Waals surface area contributed by atoms with E-state index >= 15 is 0 Å². The lowest BCUT2D eigenvalue weighted by atomic mass is 10.0. The Morgan fingerprint density at radius 3 is 2.90 bits per heavy atom. The van der Waals surface area contributed by atoms with Crippen molar-refractivity contribution >= 4 is 26.6 Å². The number of carbonyl (C=O) groups excluding carboxylic acids is 1. The zero-order valence-electron chi connectivity index (χ0n) is 17.6. The van der Waals surface area contributed by atoms with Crippen LogP contribution < -0.4 is 10.9 Å². The summed E-state index contributed by atoms with van der Waals surface area (Å²) in [6, 6.07) is 7.12. The predicted molar refractivity (Wildman–Crippen MR) is 116 cm³/mol. The number of nitrogens with zero attached hydrogens (tertiary/aromatic N) is 2. The Bertz CT molecular complexity index is 1130. The third-order valence-electron chi connectivity index (χ3n) is 5.83. The Kier molecular flexibility index (Phi) is 6.14. The van der Waals surface area contributed by atoms with Gasteiger partial charge in [-0.05, 0) is 38.3 Å². The Hall–Kier alpha value is -2.30. The van der Waals surface area contributed by atoms with Crippen molar-refractivity contribution < 1.29 is 17.9 Å². The van der Waals surface area contributed by atoms with Gasteiger partial charge in [0.2, 0.25) is 5.91 Å². The number of H-pyrrole nitrogens is 1. The van der Waals surface area contributed by atoms with Gasteiger partial charge in [-0.1, -0.05) is 12.1 Å². The Morgan fingerprint density at radius 2 is 2.19 bits per heavy atom. The van der Waals surface area contributed by atoms with Gasteiger partial charge >= 0.3 is 0 Å². The molecule has 31 heavy (non-hydrogen) atoms. The molecule has 2 saturated heterocycles. The summed E-state index contributed by atoms with van der Waals surface area (Å²) in [4.78, 5) is 34.4. The fraction of sp³-hybridized carbons (Fsp3) is 0.571. The number of benzene rings is 1. The maximum absolute atomic E-state index is 12.8. The number of para-hydroxylation sites is 1. The summed E-state index contributed by atoms with van der Waals surface area (Å²) in [5.74, 6) is 0.271. The minimum Gasteiger partial charge on any atom is -0.377 e. The van der Waals surface area contributed by atoms with Crippen LogP contribution in [0.25, 0.3) is 10.9 Å². The minimum absolute atomic E-state index is 0.0161. The number of hydrogen-bond acceptors (Lipinski definition) is 7. The van der Waals surface area contributed by atoms with Crippen LogP contribution in [0.2, 0.25) is 0 Å². The molecule has 3 heterocycles. The van der Waals surface area contributed by atoms with E-state index in [1.807, 2.05) is 11.0 Å². The second-order valence-electron chi connectivity index (χ2n) is 8.79. The first-order chi connectivity index (χ1) is 14.7. The molecule has 0 bridgehead atoms. The Balaban J connectivity index is 1.49. The van der Waals surface area contributed by atoms with Crippen molar-refractivity contribution in [2.45, 2.75) is 44.4 Å². The largest absolute Gasteiger partial charge is 0.377 e. The van der Waals surface area contributed by atoms with Gasteiger partial charge in [-0.2, -0.15) is 0 Å². The molecule has 10 heteroatoms. The lowest BCUT2D eigenvalue weighted by Crippen LogP contribution is -2.51. The molecule has 2 atom stereocenters. The van der Waals surface area contributed by atoms with Crippen molar-refractivity contribution in [3.8, 4) is 0 Å². The zero-order valence-corrected chi connectivity index (χ0v) is 18.4. The van der Waals surface area contributed by atoms with Crippen molar-refractivity contribution in [2.75, 3.05) is 31.2 Å². The van der Waals surface area contributed by atoms with Crippen LogP contribution in [0, 0.1) is 0 Å². The van der Waals surface area contributed by atoms with E-state index in [1.165, 1.54) is 0 Å². The third kappa shape index (κ3) is 5.50. The average molecular weight is 449 g/mol. The second kappa shape index (κ2) is 8.68. The van der Waals surface area contributed by atoms with Gasteiger partial charge < -0.3 is 15.0 Å². The molecule has 0 aliphatic carbocycles. The summed E-state index contributed by atoms with van der Waals surface area (Å²) < 4.78 is 29.4. The van der Waals surface area contributed by atoms with E-state index < -0.39 is 15.4 Å². The van der Waals surface area contributed by atoms with Gasteiger partial charge in [-0.15, -0.1) is 0 Å². The minimum atomic E-state index is -3.12. The van der Waals surface area contributed by atoms with Crippen LogP contribution in [0.3, 0.4) is 0 Å². The van der Waals surface area contributed by atoms with E-state index in [0.29, 0.717) is 36.3 Å². The van der Waals surface area contributed by atoms with Crippen molar-refractivity contribution in [3.05, 3.63) is 40.4 Å². The standard InChI is InChI=1S/C21H28N4O5S/c1-21(8-10-31(28,29)14-21)24-19(26)13-25(11-15-5-4-9-30-15)12-18-22-17-7-3-2-6-16(17)20(27)23-18/h2-3,6-7,15H,4-5,8-14H2,1H3,(H,24,26)(H,22,23,27). The highest BCUT2D eigenvalue weighted by molar-refractivity contribution is 7.91. The molecule has 0 spiro atoms. The van der Waals surface area contributed by atoms with Crippen molar-refractivity contribution in [1.29, 1.82) is 0 Å². The highest BCUT2D eigenvalue weighted by Crippen LogP contribution is 2.23. The smallest absolute Gasteiger partial charge is 0.258 e. The number of aromatic amines is 1. The molecule has 1 aromatic carbocycles. The second-order valence-corrected chi connectivity index (χ2v) is 11.0. The van der Waals surface area contributed by atoms with Crippen LogP contribution in [0.4, 0.5) is 0 Å². The number of sulfone groups is 1. The Morgan fingerprint density at radius 1 is 1.39 bits per heavy atom. The van der Waals surface area contributed by atoms with Gasteiger partial charge in [0.15, 0.2) is 9.84 Å². The lowest BCUT2D eigenvalue weighted by molar-refractivity contribution is -0.124. The van der Waals surface area contributed by atoms with E-state index in [4.69, 9.17) is 4.74 Å². The molecule has 2 aromatic rings. The summed E-state index contributed by atoms with van der Waals surface area (Å²) in [5.41, 5.74) is -0.363. The molecule has 2 fully saturated rings. The number of nitrogens with one attached hydrogen (secondary N) is 2. The molecule has 0 saturated carbocycles.